The molecule has 0 radical (unpaired) electrons. The zero-order valence-corrected chi connectivity index (χ0v) is 24.5. The van der Waals surface area contributed by atoms with Crippen LogP contribution in [-0.4, -0.2) is 76.3 Å². The Balaban J connectivity index is 1.91. The molecule has 0 spiro atoms. The first-order chi connectivity index (χ1) is 16.4. The maximum absolute atomic E-state index is 8.03. The van der Waals surface area contributed by atoms with Crippen molar-refractivity contribution < 1.29 is 9.47 Å². The number of amidine groups is 1. The molecule has 0 saturated carbocycles. The number of nitrogens with zero attached hydrogens (tertiary/aromatic N) is 4. The van der Waals surface area contributed by atoms with E-state index in [1.807, 2.05) is 0 Å². The van der Waals surface area contributed by atoms with Crippen LogP contribution in [0.3, 0.4) is 0 Å². The molecule has 35 heavy (non-hydrogen) atoms. The van der Waals surface area contributed by atoms with E-state index in [9.17, 15) is 0 Å². The van der Waals surface area contributed by atoms with Crippen LogP contribution < -0.4 is 16.0 Å². The summed E-state index contributed by atoms with van der Waals surface area (Å²) in [5, 5.41) is 16.1. The van der Waals surface area contributed by atoms with Crippen molar-refractivity contribution in [2.75, 3.05) is 44.7 Å². The highest BCUT2D eigenvalue weighted by atomic mass is 28.3. The molecule has 1 unspecified atom stereocenters. The summed E-state index contributed by atoms with van der Waals surface area (Å²) < 4.78 is 14.1. The molecule has 0 bridgehead atoms. The monoisotopic (exact) mass is 519 g/mol. The van der Waals surface area contributed by atoms with E-state index >= 15 is 0 Å². The minimum atomic E-state index is -1.19. The van der Waals surface area contributed by atoms with Crippen molar-refractivity contribution in [3.63, 3.8) is 0 Å². The lowest BCUT2D eigenvalue weighted by molar-refractivity contribution is 0.0942. The Bertz CT molecular complexity index is 957. The standard InChI is InChI=1S/C24H45N7O2Si2/c1-34(2,3)12-10-32-17-30(18-33-11-13-35(4,5)6)22-14-21(19-8-7-9-27-15-19)29-24-20(23(25)26)16-28-31(22)24/h14,16,19,27H,7-13,15,17-18H2,1-6H3,(H3,25,26). The van der Waals surface area contributed by atoms with Crippen LogP contribution in [0.25, 0.3) is 5.65 Å². The number of nitrogens with two attached hydrogens (primary N) is 1. The average molecular weight is 520 g/mol. The van der Waals surface area contributed by atoms with Crippen molar-refractivity contribution in [2.45, 2.75) is 70.1 Å². The third-order valence-electron chi connectivity index (χ3n) is 6.29. The van der Waals surface area contributed by atoms with E-state index in [1.54, 1.807) is 10.7 Å². The van der Waals surface area contributed by atoms with Crippen molar-refractivity contribution >= 4 is 33.4 Å². The summed E-state index contributed by atoms with van der Waals surface area (Å²) in [6.45, 7) is 18.4. The molecule has 1 saturated heterocycles. The van der Waals surface area contributed by atoms with E-state index in [4.69, 9.17) is 25.6 Å². The molecule has 0 aromatic carbocycles. The van der Waals surface area contributed by atoms with Crippen LogP contribution in [0.15, 0.2) is 12.3 Å². The molecule has 4 N–H and O–H groups in total. The van der Waals surface area contributed by atoms with Crippen molar-refractivity contribution in [3.05, 3.63) is 23.5 Å². The van der Waals surface area contributed by atoms with Gasteiger partial charge in [0.05, 0.1) is 17.5 Å². The zero-order chi connectivity index (χ0) is 25.6. The van der Waals surface area contributed by atoms with Gasteiger partial charge < -0.3 is 25.4 Å². The second-order valence-corrected chi connectivity index (χ2v) is 23.3. The van der Waals surface area contributed by atoms with Gasteiger partial charge in [0.15, 0.2) is 5.65 Å². The quantitative estimate of drug-likeness (QED) is 0.121. The van der Waals surface area contributed by atoms with Crippen molar-refractivity contribution in [1.29, 1.82) is 5.41 Å². The van der Waals surface area contributed by atoms with Gasteiger partial charge >= 0.3 is 0 Å². The minimum Gasteiger partial charge on any atom is -0.384 e. The molecule has 196 valence electrons. The van der Waals surface area contributed by atoms with Crippen molar-refractivity contribution in [1.82, 2.24) is 19.9 Å². The molecule has 1 aliphatic heterocycles. The van der Waals surface area contributed by atoms with E-state index in [2.05, 4.69) is 60.7 Å². The molecular weight excluding hydrogens is 474 g/mol. The van der Waals surface area contributed by atoms with Gasteiger partial charge in [-0.2, -0.15) is 9.61 Å². The number of piperidine rings is 1. The first-order valence-corrected chi connectivity index (χ1v) is 20.2. The predicted molar refractivity (Wildman–Crippen MR) is 149 cm³/mol. The van der Waals surface area contributed by atoms with Crippen LogP contribution in [0.2, 0.25) is 51.4 Å². The van der Waals surface area contributed by atoms with Crippen LogP contribution >= 0.6 is 0 Å². The van der Waals surface area contributed by atoms with Gasteiger partial charge in [-0.1, -0.05) is 39.3 Å². The minimum absolute atomic E-state index is 0.0262. The highest BCUT2D eigenvalue weighted by Crippen LogP contribution is 2.28. The summed E-state index contributed by atoms with van der Waals surface area (Å²) in [6.07, 6.45) is 3.83. The Hall–Kier alpha value is -1.80. The normalized spacial score (nSPS) is 17.1. The van der Waals surface area contributed by atoms with Crippen molar-refractivity contribution in [2.24, 2.45) is 5.73 Å². The lowest BCUT2D eigenvalue weighted by Gasteiger charge is -2.28. The Kier molecular flexibility index (Phi) is 9.49. The summed E-state index contributed by atoms with van der Waals surface area (Å²) >= 11 is 0. The maximum Gasteiger partial charge on any atom is 0.168 e. The van der Waals surface area contributed by atoms with E-state index in [0.717, 1.165) is 62.7 Å². The first-order valence-electron chi connectivity index (χ1n) is 12.8. The number of nitrogens with one attached hydrogen (secondary N) is 2. The first kappa shape index (κ1) is 27.8. The van der Waals surface area contributed by atoms with Gasteiger partial charge in [-0.05, 0) is 31.5 Å². The van der Waals surface area contributed by atoms with Gasteiger partial charge in [-0.15, -0.1) is 0 Å². The van der Waals surface area contributed by atoms with Crippen LogP contribution in [-0.2, 0) is 9.47 Å². The second kappa shape index (κ2) is 12.0. The molecule has 2 aromatic heterocycles. The van der Waals surface area contributed by atoms with Crippen LogP contribution in [0.5, 0.6) is 0 Å². The van der Waals surface area contributed by atoms with E-state index in [0.29, 0.717) is 30.6 Å². The van der Waals surface area contributed by atoms with Gasteiger partial charge in [-0.3, -0.25) is 5.41 Å². The average Bonchev–Trinajstić information content (AvgIpc) is 3.21. The van der Waals surface area contributed by atoms with E-state index < -0.39 is 16.1 Å². The summed E-state index contributed by atoms with van der Waals surface area (Å²) in [5.41, 5.74) is 8.04. The lowest BCUT2D eigenvalue weighted by atomic mass is 9.96. The SMILES string of the molecule is C[Si](C)(C)CCOCN(COCC[Si](C)(C)C)c1cc(C2CCCNC2)nc2c(C(=N)N)cnn12. The maximum atomic E-state index is 8.03. The topological polar surface area (TPSA) is 114 Å². The van der Waals surface area contributed by atoms with Gasteiger partial charge in [0.2, 0.25) is 0 Å². The number of anilines is 1. The molecule has 0 aliphatic carbocycles. The van der Waals surface area contributed by atoms with Crippen LogP contribution in [0.4, 0.5) is 5.82 Å². The van der Waals surface area contributed by atoms with Gasteiger partial charge in [0.25, 0.3) is 0 Å². The van der Waals surface area contributed by atoms with E-state index in [-0.39, 0.29) is 5.84 Å². The largest absolute Gasteiger partial charge is 0.384 e. The Labute approximate surface area is 212 Å². The molecule has 9 nitrogen and oxygen atoms in total. The summed E-state index contributed by atoms with van der Waals surface area (Å²) in [6, 6.07) is 4.34. The highest BCUT2D eigenvalue weighted by molar-refractivity contribution is 6.76. The molecule has 3 rings (SSSR count). The Morgan fingerprint density at radius 3 is 2.29 bits per heavy atom. The number of fused-ring (bicyclic) bond motifs is 1. The predicted octanol–water partition coefficient (Wildman–Crippen LogP) is 3.91. The molecule has 0 amide bonds. The fourth-order valence-corrected chi connectivity index (χ4v) is 5.48. The summed E-state index contributed by atoms with van der Waals surface area (Å²) in [4.78, 5) is 7.02. The number of hydrogen-bond acceptors (Lipinski definition) is 7. The fourth-order valence-electron chi connectivity index (χ4n) is 3.97. The number of nitrogen functional groups attached to an aromatic ring is 1. The molecule has 11 heteroatoms. The lowest BCUT2D eigenvalue weighted by Crippen LogP contribution is -2.34. The molecule has 3 heterocycles. The van der Waals surface area contributed by atoms with Gasteiger partial charge in [-0.25, -0.2) is 4.98 Å². The smallest absolute Gasteiger partial charge is 0.168 e. The molecule has 2 aromatic rings. The molecule has 1 fully saturated rings. The van der Waals surface area contributed by atoms with E-state index in [1.165, 1.54) is 0 Å². The third-order valence-corrected chi connectivity index (χ3v) is 9.70. The molecule has 1 atom stereocenters. The fraction of sp³-hybridized carbons (Fsp3) is 0.708. The van der Waals surface area contributed by atoms with Gasteiger partial charge in [0, 0.05) is 47.9 Å². The molecule has 1 aliphatic rings. The number of rotatable bonds is 13. The zero-order valence-electron chi connectivity index (χ0n) is 22.5. The molecular formula is C24H45N7O2Si2. The Morgan fingerprint density at radius 2 is 1.77 bits per heavy atom. The third kappa shape index (κ3) is 8.38. The number of hydrogen-bond donors (Lipinski definition) is 3. The summed E-state index contributed by atoms with van der Waals surface area (Å²) in [5.74, 6) is 1.15. The Morgan fingerprint density at radius 1 is 1.14 bits per heavy atom. The van der Waals surface area contributed by atoms with Gasteiger partial charge in [0.1, 0.15) is 25.1 Å². The summed E-state index contributed by atoms with van der Waals surface area (Å²) in [7, 11) is -2.37. The highest BCUT2D eigenvalue weighted by Gasteiger charge is 2.24. The number of ether oxygens (including phenoxy) is 2. The van der Waals surface area contributed by atoms with Crippen LogP contribution in [0.1, 0.15) is 30.0 Å². The van der Waals surface area contributed by atoms with Crippen LogP contribution in [0, 0.1) is 5.41 Å². The number of aromatic nitrogens is 3. The van der Waals surface area contributed by atoms with Crippen molar-refractivity contribution in [3.8, 4) is 0 Å². The second-order valence-electron chi connectivity index (χ2n) is 12.0.